The molecule has 0 aromatic carbocycles. The van der Waals surface area contributed by atoms with Gasteiger partial charge in [0.1, 0.15) is 5.54 Å². The second kappa shape index (κ2) is 4.51. The molecular weight excluding hydrogens is 196 g/mol. The molecule has 2 N–H and O–H groups in total. The second-order valence-electron chi connectivity index (χ2n) is 4.41. The highest BCUT2D eigenvalue weighted by Gasteiger charge is 2.31. The zero-order valence-corrected chi connectivity index (χ0v) is 9.25. The predicted octanol–water partition coefficient (Wildman–Crippen LogP) is 1.05. The number of hydrogen-bond acceptors (Lipinski definition) is 2. The van der Waals surface area contributed by atoms with Crippen molar-refractivity contribution in [2.24, 2.45) is 0 Å². The molecule has 1 heterocycles. The molecule has 1 saturated heterocycles. The number of likely N-dealkylation sites (tertiary alicyclic amines) is 1. The average Bonchev–Trinajstić information content (AvgIpc) is 2.18. The van der Waals surface area contributed by atoms with Gasteiger partial charge in [0.2, 0.25) is 0 Å². The van der Waals surface area contributed by atoms with Crippen LogP contribution in [0.25, 0.3) is 0 Å². The summed E-state index contributed by atoms with van der Waals surface area (Å²) < 4.78 is 0. The fourth-order valence-electron chi connectivity index (χ4n) is 1.50. The first-order valence-electron chi connectivity index (χ1n) is 5.24. The lowest BCUT2D eigenvalue weighted by Gasteiger charge is -2.30. The molecule has 86 valence electrons. The molecule has 0 aromatic heterocycles. The Morgan fingerprint density at radius 1 is 1.20 bits per heavy atom. The van der Waals surface area contributed by atoms with Gasteiger partial charge in [0, 0.05) is 13.1 Å². The third kappa shape index (κ3) is 3.11. The molecule has 5 nitrogen and oxygen atoms in total. The molecular formula is C10H18N2O3. The van der Waals surface area contributed by atoms with Crippen molar-refractivity contribution in [1.82, 2.24) is 10.2 Å². The van der Waals surface area contributed by atoms with Crippen LogP contribution in [0.3, 0.4) is 0 Å². The summed E-state index contributed by atoms with van der Waals surface area (Å²) in [7, 11) is 0. The summed E-state index contributed by atoms with van der Waals surface area (Å²) in [5.41, 5.74) is -1.20. The van der Waals surface area contributed by atoms with Crippen molar-refractivity contribution < 1.29 is 14.7 Å². The van der Waals surface area contributed by atoms with Crippen LogP contribution in [0, 0.1) is 0 Å². The lowest BCUT2D eigenvalue weighted by atomic mass is 10.1. The van der Waals surface area contributed by atoms with Gasteiger partial charge in [0.05, 0.1) is 0 Å². The fraction of sp³-hybridized carbons (Fsp3) is 0.800. The van der Waals surface area contributed by atoms with Crippen LogP contribution in [0.1, 0.15) is 33.1 Å². The molecule has 2 amide bonds. The van der Waals surface area contributed by atoms with E-state index in [0.717, 1.165) is 32.4 Å². The average molecular weight is 214 g/mol. The molecule has 1 aliphatic heterocycles. The number of piperidine rings is 1. The summed E-state index contributed by atoms with van der Waals surface area (Å²) in [6.45, 7) is 4.41. The maximum atomic E-state index is 11.7. The summed E-state index contributed by atoms with van der Waals surface area (Å²) in [6, 6.07) is -0.276. The van der Waals surface area contributed by atoms with E-state index in [4.69, 9.17) is 5.11 Å². The number of nitrogens with one attached hydrogen (secondary N) is 1. The number of rotatable bonds is 2. The Labute approximate surface area is 89.4 Å². The van der Waals surface area contributed by atoms with Crippen molar-refractivity contribution in [2.45, 2.75) is 38.6 Å². The number of carboxylic acid groups (broad SMARTS) is 1. The number of aliphatic carboxylic acids is 1. The summed E-state index contributed by atoms with van der Waals surface area (Å²) in [4.78, 5) is 24.2. The zero-order chi connectivity index (χ0) is 11.5. The zero-order valence-electron chi connectivity index (χ0n) is 9.25. The van der Waals surface area contributed by atoms with E-state index in [1.165, 1.54) is 13.8 Å². The SMILES string of the molecule is CC(C)(NC(=O)N1CCCCC1)C(=O)O. The maximum absolute atomic E-state index is 11.7. The van der Waals surface area contributed by atoms with E-state index in [2.05, 4.69) is 5.32 Å². The van der Waals surface area contributed by atoms with E-state index in [1.807, 2.05) is 0 Å². The Kier molecular flexibility index (Phi) is 3.55. The lowest BCUT2D eigenvalue weighted by Crippen LogP contribution is -2.55. The number of carboxylic acids is 1. The van der Waals surface area contributed by atoms with Crippen LogP contribution in [0.15, 0.2) is 0 Å². The van der Waals surface area contributed by atoms with Crippen molar-refractivity contribution in [2.75, 3.05) is 13.1 Å². The number of urea groups is 1. The molecule has 0 aliphatic carbocycles. The van der Waals surface area contributed by atoms with Crippen molar-refractivity contribution >= 4 is 12.0 Å². The van der Waals surface area contributed by atoms with Crippen molar-refractivity contribution in [3.8, 4) is 0 Å². The maximum Gasteiger partial charge on any atom is 0.328 e. The number of hydrogen-bond donors (Lipinski definition) is 2. The monoisotopic (exact) mass is 214 g/mol. The fourth-order valence-corrected chi connectivity index (χ4v) is 1.50. The Morgan fingerprint density at radius 3 is 2.20 bits per heavy atom. The molecule has 1 fully saturated rings. The minimum Gasteiger partial charge on any atom is -0.480 e. The summed E-state index contributed by atoms with van der Waals surface area (Å²) in [5.74, 6) is -1.02. The van der Waals surface area contributed by atoms with Gasteiger partial charge in [-0.3, -0.25) is 0 Å². The quantitative estimate of drug-likeness (QED) is 0.721. The highest BCUT2D eigenvalue weighted by molar-refractivity contribution is 5.85. The first-order chi connectivity index (χ1) is 6.93. The highest BCUT2D eigenvalue weighted by atomic mass is 16.4. The van der Waals surface area contributed by atoms with Crippen LogP contribution in [0.5, 0.6) is 0 Å². The van der Waals surface area contributed by atoms with Gasteiger partial charge in [0.15, 0.2) is 0 Å². The van der Waals surface area contributed by atoms with Crippen LogP contribution in [0.4, 0.5) is 4.79 Å². The van der Waals surface area contributed by atoms with E-state index in [1.54, 1.807) is 4.90 Å². The minimum absolute atomic E-state index is 0.276. The first-order valence-corrected chi connectivity index (χ1v) is 5.24. The number of carbonyl (C=O) groups is 2. The van der Waals surface area contributed by atoms with Gasteiger partial charge in [-0.2, -0.15) is 0 Å². The third-order valence-corrected chi connectivity index (χ3v) is 2.60. The summed E-state index contributed by atoms with van der Waals surface area (Å²) in [5, 5.41) is 11.4. The molecule has 5 heteroatoms. The molecule has 0 unspecified atom stereocenters. The predicted molar refractivity (Wildman–Crippen MR) is 55.7 cm³/mol. The van der Waals surface area contributed by atoms with Gasteiger partial charge >= 0.3 is 12.0 Å². The molecule has 0 bridgehead atoms. The highest BCUT2D eigenvalue weighted by Crippen LogP contribution is 2.10. The van der Waals surface area contributed by atoms with Gasteiger partial charge in [-0.15, -0.1) is 0 Å². The van der Waals surface area contributed by atoms with Gasteiger partial charge < -0.3 is 15.3 Å². The van der Waals surface area contributed by atoms with E-state index in [-0.39, 0.29) is 6.03 Å². The molecule has 0 spiro atoms. The molecule has 1 aliphatic rings. The minimum atomic E-state index is -1.20. The number of carbonyl (C=O) groups excluding carboxylic acids is 1. The summed E-state index contributed by atoms with van der Waals surface area (Å²) in [6.07, 6.45) is 3.15. The van der Waals surface area contributed by atoms with E-state index in [9.17, 15) is 9.59 Å². The Morgan fingerprint density at radius 2 is 1.73 bits per heavy atom. The van der Waals surface area contributed by atoms with Gasteiger partial charge in [-0.1, -0.05) is 0 Å². The molecule has 15 heavy (non-hydrogen) atoms. The van der Waals surface area contributed by atoms with Crippen LogP contribution in [-0.4, -0.2) is 40.6 Å². The van der Waals surface area contributed by atoms with Crippen molar-refractivity contribution in [1.29, 1.82) is 0 Å². The Balaban J connectivity index is 2.50. The third-order valence-electron chi connectivity index (χ3n) is 2.60. The van der Waals surface area contributed by atoms with Crippen molar-refractivity contribution in [3.63, 3.8) is 0 Å². The molecule has 0 aromatic rings. The lowest BCUT2D eigenvalue weighted by molar-refractivity contribution is -0.143. The smallest absolute Gasteiger partial charge is 0.328 e. The van der Waals surface area contributed by atoms with Crippen LogP contribution >= 0.6 is 0 Å². The van der Waals surface area contributed by atoms with Gasteiger partial charge in [-0.25, -0.2) is 9.59 Å². The van der Waals surface area contributed by atoms with E-state index >= 15 is 0 Å². The Bertz CT molecular complexity index is 257. The standard InChI is InChI=1S/C10H18N2O3/c1-10(2,8(13)14)11-9(15)12-6-4-3-5-7-12/h3-7H2,1-2H3,(H,11,15)(H,13,14). The molecule has 1 rings (SSSR count). The number of nitrogens with zero attached hydrogens (tertiary/aromatic N) is 1. The largest absolute Gasteiger partial charge is 0.480 e. The molecule has 0 radical (unpaired) electrons. The van der Waals surface area contributed by atoms with E-state index in [0.29, 0.717) is 0 Å². The van der Waals surface area contributed by atoms with Crippen LogP contribution in [0.2, 0.25) is 0 Å². The van der Waals surface area contributed by atoms with E-state index < -0.39 is 11.5 Å². The van der Waals surface area contributed by atoms with Crippen LogP contribution in [-0.2, 0) is 4.79 Å². The second-order valence-corrected chi connectivity index (χ2v) is 4.41. The summed E-state index contributed by atoms with van der Waals surface area (Å²) >= 11 is 0. The van der Waals surface area contributed by atoms with Crippen LogP contribution < -0.4 is 5.32 Å². The molecule has 0 atom stereocenters. The van der Waals surface area contributed by atoms with Gasteiger partial charge in [-0.05, 0) is 33.1 Å². The topological polar surface area (TPSA) is 69.6 Å². The van der Waals surface area contributed by atoms with Crippen molar-refractivity contribution in [3.05, 3.63) is 0 Å². The number of amides is 2. The normalized spacial score (nSPS) is 17.3. The molecule has 0 saturated carbocycles. The Hall–Kier alpha value is -1.26. The first kappa shape index (κ1) is 11.8. The van der Waals surface area contributed by atoms with Gasteiger partial charge in [0.25, 0.3) is 0 Å².